The monoisotopic (exact) mass is 353 g/mol. The molecule has 23 heavy (non-hydrogen) atoms. The first kappa shape index (κ1) is 17.1. The number of carbonyl (C=O) groups is 2. The summed E-state index contributed by atoms with van der Waals surface area (Å²) in [4.78, 5) is 22.9. The third-order valence-electron chi connectivity index (χ3n) is 2.97. The van der Waals surface area contributed by atoms with Crippen LogP contribution in [0.2, 0.25) is 10.0 Å². The maximum atomic E-state index is 12.2. The number of carbonyl (C=O) groups excluding carboxylic acids is 1. The van der Waals surface area contributed by atoms with Crippen LogP contribution in [0, 0.1) is 0 Å². The molecule has 120 valence electrons. The second kappa shape index (κ2) is 7.35. The highest BCUT2D eigenvalue weighted by atomic mass is 35.5. The molecule has 1 amide bonds. The summed E-state index contributed by atoms with van der Waals surface area (Å²) >= 11 is 11.9. The Balaban J connectivity index is 2.07. The van der Waals surface area contributed by atoms with Gasteiger partial charge in [-0.05, 0) is 43.3 Å². The maximum absolute atomic E-state index is 12.2. The molecule has 0 aliphatic rings. The van der Waals surface area contributed by atoms with Crippen molar-refractivity contribution >= 4 is 40.8 Å². The van der Waals surface area contributed by atoms with Gasteiger partial charge in [0.15, 0.2) is 6.10 Å². The predicted octanol–water partition coefficient (Wildman–Crippen LogP) is 4.10. The summed E-state index contributed by atoms with van der Waals surface area (Å²) in [5.41, 5.74) is 0.778. The Labute approximate surface area is 142 Å². The normalized spacial score (nSPS) is 11.6. The van der Waals surface area contributed by atoms with Gasteiger partial charge < -0.3 is 15.2 Å². The largest absolute Gasteiger partial charge is 0.479 e. The number of carboxylic acids is 1. The van der Waals surface area contributed by atoms with Gasteiger partial charge >= 0.3 is 5.97 Å². The number of hydrogen-bond acceptors (Lipinski definition) is 3. The topological polar surface area (TPSA) is 75.6 Å². The van der Waals surface area contributed by atoms with Crippen LogP contribution in [-0.4, -0.2) is 23.1 Å². The fourth-order valence-electron chi connectivity index (χ4n) is 1.75. The fourth-order valence-corrected chi connectivity index (χ4v) is 2.14. The predicted molar refractivity (Wildman–Crippen MR) is 88.6 cm³/mol. The molecule has 0 spiro atoms. The van der Waals surface area contributed by atoms with Crippen molar-refractivity contribution in [2.75, 3.05) is 5.32 Å². The molecule has 1 atom stereocenters. The summed E-state index contributed by atoms with van der Waals surface area (Å²) in [7, 11) is 0. The van der Waals surface area contributed by atoms with Gasteiger partial charge in [0.1, 0.15) is 5.75 Å². The number of rotatable bonds is 5. The molecule has 2 rings (SSSR count). The number of anilines is 1. The minimum atomic E-state index is -1.06. The van der Waals surface area contributed by atoms with Crippen LogP contribution < -0.4 is 10.1 Å². The van der Waals surface area contributed by atoms with Crippen molar-refractivity contribution in [3.63, 3.8) is 0 Å². The highest BCUT2D eigenvalue weighted by Gasteiger charge is 2.14. The van der Waals surface area contributed by atoms with Crippen molar-refractivity contribution in [2.24, 2.45) is 0 Å². The zero-order valence-corrected chi connectivity index (χ0v) is 13.6. The van der Waals surface area contributed by atoms with Gasteiger partial charge in [-0.1, -0.05) is 29.3 Å². The number of nitrogens with one attached hydrogen (secondary N) is 1. The number of hydrogen-bond donors (Lipinski definition) is 2. The molecule has 7 heteroatoms. The van der Waals surface area contributed by atoms with Crippen molar-refractivity contribution in [2.45, 2.75) is 13.0 Å². The molecular weight excluding hydrogens is 341 g/mol. The standard InChI is InChI=1S/C16H13Cl2NO4/c1-9(16(21)22)23-11-7-5-10(6-8-11)19-15(20)12-3-2-4-13(17)14(12)18/h2-9H,1H3,(H,19,20)(H,21,22). The van der Waals surface area contributed by atoms with E-state index < -0.39 is 18.0 Å². The molecule has 0 aromatic heterocycles. The minimum absolute atomic E-state index is 0.182. The van der Waals surface area contributed by atoms with Gasteiger partial charge in [-0.25, -0.2) is 4.79 Å². The highest BCUT2D eigenvalue weighted by Crippen LogP contribution is 2.26. The second-order valence-corrected chi connectivity index (χ2v) is 5.46. The van der Waals surface area contributed by atoms with E-state index in [1.165, 1.54) is 6.92 Å². The molecule has 0 bridgehead atoms. The molecule has 0 aliphatic heterocycles. The molecule has 0 aliphatic carbocycles. The lowest BCUT2D eigenvalue weighted by molar-refractivity contribution is -0.144. The third-order valence-corrected chi connectivity index (χ3v) is 3.79. The lowest BCUT2D eigenvalue weighted by Gasteiger charge is -2.11. The van der Waals surface area contributed by atoms with E-state index in [2.05, 4.69) is 5.32 Å². The van der Waals surface area contributed by atoms with Crippen LogP contribution in [0.4, 0.5) is 5.69 Å². The number of aliphatic carboxylic acids is 1. The molecular formula is C16H13Cl2NO4. The van der Waals surface area contributed by atoms with E-state index in [0.29, 0.717) is 16.5 Å². The molecule has 0 heterocycles. The van der Waals surface area contributed by atoms with Gasteiger partial charge in [-0.2, -0.15) is 0 Å². The first-order valence-corrected chi connectivity index (χ1v) is 7.39. The molecule has 2 N–H and O–H groups in total. The first-order valence-electron chi connectivity index (χ1n) is 6.63. The highest BCUT2D eigenvalue weighted by molar-refractivity contribution is 6.44. The average molecular weight is 354 g/mol. The molecule has 0 radical (unpaired) electrons. The summed E-state index contributed by atoms with van der Waals surface area (Å²) in [5, 5.41) is 11.9. The van der Waals surface area contributed by atoms with E-state index in [-0.39, 0.29) is 10.6 Å². The minimum Gasteiger partial charge on any atom is -0.479 e. The third kappa shape index (κ3) is 4.37. The first-order chi connectivity index (χ1) is 10.9. The maximum Gasteiger partial charge on any atom is 0.344 e. The van der Waals surface area contributed by atoms with Crippen molar-refractivity contribution in [1.82, 2.24) is 0 Å². The molecule has 1 unspecified atom stereocenters. The van der Waals surface area contributed by atoms with E-state index in [4.69, 9.17) is 33.0 Å². The zero-order valence-electron chi connectivity index (χ0n) is 12.0. The van der Waals surface area contributed by atoms with Gasteiger partial charge in [0.25, 0.3) is 5.91 Å². The van der Waals surface area contributed by atoms with E-state index >= 15 is 0 Å². The number of carboxylic acid groups (broad SMARTS) is 1. The lowest BCUT2D eigenvalue weighted by Crippen LogP contribution is -2.22. The number of benzene rings is 2. The summed E-state index contributed by atoms with van der Waals surface area (Å²) < 4.78 is 5.20. The Kier molecular flexibility index (Phi) is 5.47. The number of amides is 1. The van der Waals surface area contributed by atoms with E-state index in [9.17, 15) is 9.59 Å². The Morgan fingerprint density at radius 1 is 1.13 bits per heavy atom. The zero-order chi connectivity index (χ0) is 17.0. The van der Waals surface area contributed by atoms with E-state index in [1.54, 1.807) is 42.5 Å². The summed E-state index contributed by atoms with van der Waals surface area (Å²) in [6, 6.07) is 11.1. The summed E-state index contributed by atoms with van der Waals surface area (Å²) in [5.74, 6) is -1.07. The van der Waals surface area contributed by atoms with Crippen molar-refractivity contribution < 1.29 is 19.4 Å². The van der Waals surface area contributed by atoms with Crippen LogP contribution in [0.1, 0.15) is 17.3 Å². The van der Waals surface area contributed by atoms with Gasteiger partial charge in [0, 0.05) is 5.69 Å². The molecule has 2 aromatic rings. The smallest absolute Gasteiger partial charge is 0.344 e. The van der Waals surface area contributed by atoms with Crippen LogP contribution in [0.25, 0.3) is 0 Å². The quantitative estimate of drug-likeness (QED) is 0.848. The van der Waals surface area contributed by atoms with Gasteiger partial charge in [0.2, 0.25) is 0 Å². The Morgan fingerprint density at radius 2 is 1.78 bits per heavy atom. The average Bonchev–Trinajstić information content (AvgIpc) is 2.51. The molecule has 0 saturated carbocycles. The lowest BCUT2D eigenvalue weighted by atomic mass is 10.2. The number of ether oxygens (including phenoxy) is 1. The van der Waals surface area contributed by atoms with Crippen LogP contribution in [0.15, 0.2) is 42.5 Å². The Morgan fingerprint density at radius 3 is 2.39 bits per heavy atom. The molecule has 2 aromatic carbocycles. The van der Waals surface area contributed by atoms with Crippen LogP contribution in [-0.2, 0) is 4.79 Å². The molecule has 0 fully saturated rings. The van der Waals surface area contributed by atoms with Gasteiger partial charge in [-0.15, -0.1) is 0 Å². The number of halogens is 2. The summed E-state index contributed by atoms with van der Waals surface area (Å²) in [6.45, 7) is 1.43. The van der Waals surface area contributed by atoms with Gasteiger partial charge in [0.05, 0.1) is 15.6 Å². The van der Waals surface area contributed by atoms with Gasteiger partial charge in [-0.3, -0.25) is 4.79 Å². The fraction of sp³-hybridized carbons (Fsp3) is 0.125. The summed E-state index contributed by atoms with van der Waals surface area (Å²) in [6.07, 6.45) is -0.958. The van der Waals surface area contributed by atoms with E-state index in [1.807, 2.05) is 0 Å². The molecule has 5 nitrogen and oxygen atoms in total. The van der Waals surface area contributed by atoms with Crippen molar-refractivity contribution in [3.05, 3.63) is 58.1 Å². The second-order valence-electron chi connectivity index (χ2n) is 4.68. The van der Waals surface area contributed by atoms with Crippen molar-refractivity contribution in [1.29, 1.82) is 0 Å². The van der Waals surface area contributed by atoms with Crippen LogP contribution in [0.5, 0.6) is 5.75 Å². The van der Waals surface area contributed by atoms with Crippen LogP contribution in [0.3, 0.4) is 0 Å². The SMILES string of the molecule is CC(Oc1ccc(NC(=O)c2cccc(Cl)c2Cl)cc1)C(=O)O. The van der Waals surface area contributed by atoms with E-state index in [0.717, 1.165) is 0 Å². The molecule has 0 saturated heterocycles. The van der Waals surface area contributed by atoms with Crippen molar-refractivity contribution in [3.8, 4) is 5.75 Å². The van der Waals surface area contributed by atoms with Crippen LogP contribution >= 0.6 is 23.2 Å². The Bertz CT molecular complexity index is 731. The Hall–Kier alpha value is -2.24.